The van der Waals surface area contributed by atoms with Gasteiger partial charge in [-0.25, -0.2) is 0 Å². The molecule has 7 nitrogen and oxygen atoms in total. The van der Waals surface area contributed by atoms with Crippen molar-refractivity contribution in [1.29, 1.82) is 0 Å². The van der Waals surface area contributed by atoms with E-state index >= 15 is 0 Å². The summed E-state index contributed by atoms with van der Waals surface area (Å²) in [4.78, 5) is 22.7. The van der Waals surface area contributed by atoms with Crippen LogP contribution in [0.25, 0.3) is 0 Å². The van der Waals surface area contributed by atoms with Gasteiger partial charge in [0.1, 0.15) is 24.8 Å². The first-order valence-corrected chi connectivity index (χ1v) is 7.29. The summed E-state index contributed by atoms with van der Waals surface area (Å²) in [6.45, 7) is 0.975. The minimum Gasteiger partial charge on any atom is -0.461 e. The fourth-order valence-corrected chi connectivity index (χ4v) is 1.55. The summed E-state index contributed by atoms with van der Waals surface area (Å²) in [6.07, 6.45) is 1.81. The third-order valence-electron chi connectivity index (χ3n) is 2.21. The van der Waals surface area contributed by atoms with Gasteiger partial charge in [-0.15, -0.1) is 0 Å². The molecule has 0 saturated carbocycles. The van der Waals surface area contributed by atoms with Crippen LogP contribution in [0.5, 0.6) is 0 Å². The lowest BCUT2D eigenvalue weighted by Gasteiger charge is -2.17. The van der Waals surface area contributed by atoms with Gasteiger partial charge in [0.25, 0.3) is 0 Å². The average Bonchev–Trinajstić information content (AvgIpc) is 2.40. The standard InChI is InChI=1S/C11H22N2O5S/c1-7(18-11(16)9(13)5-14)6-17-10(15)8(12)3-4-19-2/h7-9,14H,3-6,12-13H2,1-2H3/t7?,8-,9-/m0/s1. The minimum absolute atomic E-state index is 0.0876. The van der Waals surface area contributed by atoms with Crippen molar-refractivity contribution >= 4 is 23.7 Å². The zero-order valence-electron chi connectivity index (χ0n) is 11.2. The first-order chi connectivity index (χ1) is 8.92. The van der Waals surface area contributed by atoms with Crippen LogP contribution in [-0.4, -0.2) is 60.5 Å². The lowest BCUT2D eigenvalue weighted by molar-refractivity contribution is -0.160. The molecule has 1 unspecified atom stereocenters. The molecular weight excluding hydrogens is 272 g/mol. The third-order valence-corrected chi connectivity index (χ3v) is 2.86. The first-order valence-electron chi connectivity index (χ1n) is 5.90. The van der Waals surface area contributed by atoms with E-state index in [1.807, 2.05) is 6.26 Å². The van der Waals surface area contributed by atoms with Gasteiger partial charge in [-0.1, -0.05) is 0 Å². The molecule has 0 bridgehead atoms. The molecule has 0 aromatic rings. The normalized spacial score (nSPS) is 15.4. The van der Waals surface area contributed by atoms with E-state index in [1.54, 1.807) is 18.7 Å². The lowest BCUT2D eigenvalue weighted by atomic mass is 10.2. The highest BCUT2D eigenvalue weighted by Crippen LogP contribution is 2.02. The van der Waals surface area contributed by atoms with Crippen molar-refractivity contribution in [3.8, 4) is 0 Å². The molecule has 19 heavy (non-hydrogen) atoms. The molecule has 3 atom stereocenters. The molecule has 0 aliphatic heterocycles. The van der Waals surface area contributed by atoms with Gasteiger partial charge in [0.05, 0.1) is 6.61 Å². The van der Waals surface area contributed by atoms with Gasteiger partial charge in [-0.3, -0.25) is 9.59 Å². The highest BCUT2D eigenvalue weighted by atomic mass is 32.2. The molecule has 0 spiro atoms. The van der Waals surface area contributed by atoms with Crippen LogP contribution in [0.1, 0.15) is 13.3 Å². The van der Waals surface area contributed by atoms with E-state index in [1.165, 1.54) is 0 Å². The Hall–Kier alpha value is -0.830. The summed E-state index contributed by atoms with van der Waals surface area (Å²) in [5.41, 5.74) is 10.9. The van der Waals surface area contributed by atoms with Gasteiger partial charge in [0, 0.05) is 0 Å². The quantitative estimate of drug-likeness (QED) is 0.456. The number of carbonyl (C=O) groups is 2. The Bertz CT molecular complexity index is 290. The molecule has 0 rings (SSSR count). The summed E-state index contributed by atoms with van der Waals surface area (Å²) in [5.74, 6) is -0.493. The van der Waals surface area contributed by atoms with Crippen molar-refractivity contribution in [2.24, 2.45) is 11.5 Å². The number of thioether (sulfide) groups is 1. The number of carbonyl (C=O) groups excluding carboxylic acids is 2. The summed E-state index contributed by atoms with van der Waals surface area (Å²) in [6, 6.07) is -1.75. The maximum atomic E-state index is 11.5. The summed E-state index contributed by atoms with van der Waals surface area (Å²) >= 11 is 1.59. The Balaban J connectivity index is 3.92. The second-order valence-corrected chi connectivity index (χ2v) is 5.04. The number of ether oxygens (including phenoxy) is 2. The van der Waals surface area contributed by atoms with E-state index in [0.29, 0.717) is 6.42 Å². The topological polar surface area (TPSA) is 125 Å². The number of hydrogen-bond acceptors (Lipinski definition) is 8. The number of aliphatic hydroxyl groups is 1. The van der Waals surface area contributed by atoms with Gasteiger partial charge in [-0.2, -0.15) is 11.8 Å². The van der Waals surface area contributed by atoms with E-state index < -0.39 is 36.7 Å². The smallest absolute Gasteiger partial charge is 0.325 e. The average molecular weight is 294 g/mol. The van der Waals surface area contributed by atoms with Crippen molar-refractivity contribution in [2.45, 2.75) is 31.5 Å². The van der Waals surface area contributed by atoms with E-state index in [0.717, 1.165) is 5.75 Å². The number of esters is 2. The molecule has 0 aliphatic carbocycles. The van der Waals surface area contributed by atoms with Crippen molar-refractivity contribution in [3.63, 3.8) is 0 Å². The van der Waals surface area contributed by atoms with Crippen molar-refractivity contribution in [3.05, 3.63) is 0 Å². The maximum Gasteiger partial charge on any atom is 0.325 e. The highest BCUT2D eigenvalue weighted by molar-refractivity contribution is 7.98. The van der Waals surface area contributed by atoms with E-state index in [9.17, 15) is 9.59 Å². The Morgan fingerprint density at radius 3 is 2.42 bits per heavy atom. The Kier molecular flexibility index (Phi) is 9.58. The van der Waals surface area contributed by atoms with Crippen LogP contribution in [0.15, 0.2) is 0 Å². The molecule has 0 saturated heterocycles. The van der Waals surface area contributed by atoms with E-state index in [4.69, 9.17) is 26.0 Å². The molecule has 0 aliphatic rings. The monoisotopic (exact) mass is 294 g/mol. The predicted molar refractivity (Wildman–Crippen MR) is 72.5 cm³/mol. The van der Waals surface area contributed by atoms with Gasteiger partial charge >= 0.3 is 11.9 Å². The zero-order valence-corrected chi connectivity index (χ0v) is 12.0. The van der Waals surface area contributed by atoms with Crippen molar-refractivity contribution < 1.29 is 24.2 Å². The summed E-state index contributed by atoms with van der Waals surface area (Å²) < 4.78 is 9.79. The molecule has 0 aromatic heterocycles. The molecule has 8 heteroatoms. The summed E-state index contributed by atoms with van der Waals surface area (Å²) in [5, 5.41) is 8.66. The Morgan fingerprint density at radius 1 is 1.26 bits per heavy atom. The molecule has 0 amide bonds. The molecule has 5 N–H and O–H groups in total. The highest BCUT2D eigenvalue weighted by Gasteiger charge is 2.20. The van der Waals surface area contributed by atoms with E-state index in [-0.39, 0.29) is 6.61 Å². The van der Waals surface area contributed by atoms with Gasteiger partial charge < -0.3 is 26.0 Å². The molecule has 0 heterocycles. The number of hydrogen-bond donors (Lipinski definition) is 3. The zero-order chi connectivity index (χ0) is 14.8. The third kappa shape index (κ3) is 8.04. The fraction of sp³-hybridized carbons (Fsp3) is 0.818. The van der Waals surface area contributed by atoms with Gasteiger partial charge in [0.2, 0.25) is 0 Å². The fourth-order valence-electron chi connectivity index (χ4n) is 1.06. The van der Waals surface area contributed by atoms with Gasteiger partial charge in [0.15, 0.2) is 0 Å². The van der Waals surface area contributed by atoms with Crippen LogP contribution in [-0.2, 0) is 19.1 Å². The van der Waals surface area contributed by atoms with Crippen molar-refractivity contribution in [2.75, 3.05) is 25.2 Å². The van der Waals surface area contributed by atoms with Crippen LogP contribution in [0.4, 0.5) is 0 Å². The molecule has 0 radical (unpaired) electrons. The maximum absolute atomic E-state index is 11.5. The van der Waals surface area contributed by atoms with Crippen LogP contribution in [0, 0.1) is 0 Å². The minimum atomic E-state index is -1.08. The number of aliphatic hydroxyl groups excluding tert-OH is 1. The molecule has 112 valence electrons. The molecule has 0 aromatic carbocycles. The van der Waals surface area contributed by atoms with E-state index in [2.05, 4.69) is 0 Å². The van der Waals surface area contributed by atoms with Crippen LogP contribution in [0.3, 0.4) is 0 Å². The number of nitrogens with two attached hydrogens (primary N) is 2. The SMILES string of the molecule is CSCC[C@H](N)C(=O)OCC(C)OC(=O)[C@@H](N)CO. The Morgan fingerprint density at radius 2 is 1.89 bits per heavy atom. The van der Waals surface area contributed by atoms with Crippen LogP contribution < -0.4 is 11.5 Å². The predicted octanol–water partition coefficient (Wildman–Crippen LogP) is -1.14. The van der Waals surface area contributed by atoms with Crippen molar-refractivity contribution in [1.82, 2.24) is 0 Å². The lowest BCUT2D eigenvalue weighted by Crippen LogP contribution is -2.39. The van der Waals surface area contributed by atoms with Crippen LogP contribution in [0.2, 0.25) is 0 Å². The first kappa shape index (κ1) is 18.2. The van der Waals surface area contributed by atoms with Gasteiger partial charge in [-0.05, 0) is 25.4 Å². The second-order valence-electron chi connectivity index (χ2n) is 4.05. The molecule has 0 fully saturated rings. The largest absolute Gasteiger partial charge is 0.461 e. The second kappa shape index (κ2) is 10.0. The summed E-state index contributed by atoms with van der Waals surface area (Å²) in [7, 11) is 0. The van der Waals surface area contributed by atoms with Crippen LogP contribution >= 0.6 is 11.8 Å². The number of rotatable bonds is 9. The Labute approximate surface area is 117 Å². The molecular formula is C11H22N2O5S.